The lowest BCUT2D eigenvalue weighted by atomic mass is 9.87. The van der Waals surface area contributed by atoms with Gasteiger partial charge in [-0.2, -0.15) is 0 Å². The van der Waals surface area contributed by atoms with Crippen LogP contribution in [0.15, 0.2) is 84.9 Å². The summed E-state index contributed by atoms with van der Waals surface area (Å²) in [6, 6.07) is 25.9. The van der Waals surface area contributed by atoms with Gasteiger partial charge in [0, 0.05) is 16.1 Å². The van der Waals surface area contributed by atoms with E-state index in [1.807, 2.05) is 67.6 Å². The third-order valence-corrected chi connectivity index (χ3v) is 6.50. The lowest BCUT2D eigenvalue weighted by Gasteiger charge is -2.23. The Morgan fingerprint density at radius 3 is 2.48 bits per heavy atom. The fourth-order valence-electron chi connectivity index (χ4n) is 4.52. The molecule has 1 aliphatic rings. The fourth-order valence-corrected chi connectivity index (χ4v) is 4.69. The van der Waals surface area contributed by atoms with E-state index in [0.29, 0.717) is 28.4 Å². The predicted molar refractivity (Wildman–Crippen MR) is 131 cm³/mol. The third kappa shape index (κ3) is 3.71. The number of amides is 1. The molecule has 0 aliphatic carbocycles. The standard InChI is InChI=1S/C28H22ClNO3/c1-18-9-11-19(12-10-18)17-30-25-14-13-21(29)15-24(25)28(33,27(30)32)16-26(31)23-8-4-6-20-5-2-3-7-22(20)23/h2-15,33H,16-17H2,1H3/t28-/m0/s1. The maximum atomic E-state index is 13.6. The van der Waals surface area contributed by atoms with Crippen molar-refractivity contribution in [1.82, 2.24) is 0 Å². The summed E-state index contributed by atoms with van der Waals surface area (Å²) in [5.41, 5.74) is 1.48. The van der Waals surface area contributed by atoms with Crippen molar-refractivity contribution in [3.8, 4) is 0 Å². The number of ketones is 1. The zero-order valence-corrected chi connectivity index (χ0v) is 18.8. The van der Waals surface area contributed by atoms with Gasteiger partial charge in [-0.05, 0) is 41.5 Å². The summed E-state index contributed by atoms with van der Waals surface area (Å²) < 4.78 is 0. The minimum absolute atomic E-state index is 0.290. The molecule has 4 aromatic carbocycles. The number of nitrogens with zero attached hydrogens (tertiary/aromatic N) is 1. The minimum Gasteiger partial charge on any atom is -0.375 e. The first-order chi connectivity index (χ1) is 15.9. The number of aliphatic hydroxyl groups is 1. The summed E-state index contributed by atoms with van der Waals surface area (Å²) in [7, 11) is 0. The molecule has 33 heavy (non-hydrogen) atoms. The molecule has 164 valence electrons. The number of Topliss-reactive ketones (excluding diaryl/α,β-unsaturated/α-hetero) is 1. The summed E-state index contributed by atoms with van der Waals surface area (Å²) in [6.07, 6.45) is -0.364. The molecule has 4 aromatic rings. The highest BCUT2D eigenvalue weighted by Gasteiger charge is 2.51. The number of anilines is 1. The van der Waals surface area contributed by atoms with Crippen LogP contribution in [0.2, 0.25) is 5.02 Å². The molecular weight excluding hydrogens is 434 g/mol. The number of carbonyl (C=O) groups is 2. The normalized spacial score (nSPS) is 17.4. The van der Waals surface area contributed by atoms with Gasteiger partial charge in [0.1, 0.15) is 0 Å². The molecule has 1 N–H and O–H groups in total. The number of carbonyl (C=O) groups excluding carboxylic acids is 2. The van der Waals surface area contributed by atoms with Crippen molar-refractivity contribution >= 4 is 39.8 Å². The molecular formula is C28H22ClNO3. The quantitative estimate of drug-likeness (QED) is 0.386. The molecule has 0 radical (unpaired) electrons. The first-order valence-electron chi connectivity index (χ1n) is 10.8. The minimum atomic E-state index is -1.99. The van der Waals surface area contributed by atoms with Gasteiger partial charge >= 0.3 is 0 Å². The molecule has 0 saturated heterocycles. The van der Waals surface area contributed by atoms with Crippen LogP contribution < -0.4 is 4.90 Å². The van der Waals surface area contributed by atoms with E-state index < -0.39 is 11.5 Å². The molecule has 4 nitrogen and oxygen atoms in total. The third-order valence-electron chi connectivity index (χ3n) is 6.26. The second kappa shape index (κ2) is 8.14. The molecule has 0 aromatic heterocycles. The van der Waals surface area contributed by atoms with Gasteiger partial charge in [0.05, 0.1) is 18.7 Å². The summed E-state index contributed by atoms with van der Waals surface area (Å²) >= 11 is 6.23. The maximum absolute atomic E-state index is 13.6. The Labute approximate surface area is 197 Å². The van der Waals surface area contributed by atoms with Crippen LogP contribution in [0.4, 0.5) is 5.69 Å². The molecule has 1 heterocycles. The highest BCUT2D eigenvalue weighted by molar-refractivity contribution is 6.31. The topological polar surface area (TPSA) is 57.6 Å². The van der Waals surface area contributed by atoms with E-state index in [1.54, 1.807) is 24.3 Å². The molecule has 0 saturated carbocycles. The average molecular weight is 456 g/mol. The Morgan fingerprint density at radius 1 is 0.970 bits per heavy atom. The smallest absolute Gasteiger partial charge is 0.264 e. The molecule has 1 amide bonds. The second-order valence-electron chi connectivity index (χ2n) is 8.53. The molecule has 1 aliphatic heterocycles. The van der Waals surface area contributed by atoms with Crippen LogP contribution in [0, 0.1) is 6.92 Å². The lowest BCUT2D eigenvalue weighted by Crippen LogP contribution is -2.41. The Morgan fingerprint density at radius 2 is 1.70 bits per heavy atom. The van der Waals surface area contributed by atoms with Crippen LogP contribution in [0.5, 0.6) is 0 Å². The highest BCUT2D eigenvalue weighted by atomic mass is 35.5. The van der Waals surface area contributed by atoms with E-state index in [0.717, 1.165) is 21.9 Å². The number of aryl methyl sites for hydroxylation is 1. The van der Waals surface area contributed by atoms with Crippen LogP contribution in [0.25, 0.3) is 10.8 Å². The van der Waals surface area contributed by atoms with Crippen molar-refractivity contribution in [2.24, 2.45) is 0 Å². The summed E-state index contributed by atoms with van der Waals surface area (Å²) in [5, 5.41) is 13.8. The van der Waals surface area contributed by atoms with Crippen molar-refractivity contribution in [2.45, 2.75) is 25.5 Å². The van der Waals surface area contributed by atoms with Gasteiger partial charge in [-0.15, -0.1) is 0 Å². The maximum Gasteiger partial charge on any atom is 0.264 e. The van der Waals surface area contributed by atoms with Crippen LogP contribution >= 0.6 is 11.6 Å². The van der Waals surface area contributed by atoms with E-state index in [2.05, 4.69) is 0 Å². The van der Waals surface area contributed by atoms with E-state index in [4.69, 9.17) is 11.6 Å². The van der Waals surface area contributed by atoms with Crippen molar-refractivity contribution in [3.05, 3.63) is 112 Å². The largest absolute Gasteiger partial charge is 0.375 e. The van der Waals surface area contributed by atoms with Crippen molar-refractivity contribution in [3.63, 3.8) is 0 Å². The second-order valence-corrected chi connectivity index (χ2v) is 8.96. The predicted octanol–water partition coefficient (Wildman–Crippen LogP) is 5.81. The molecule has 5 rings (SSSR count). The zero-order valence-electron chi connectivity index (χ0n) is 18.1. The van der Waals surface area contributed by atoms with E-state index in [9.17, 15) is 14.7 Å². The van der Waals surface area contributed by atoms with Gasteiger partial charge in [0.15, 0.2) is 11.4 Å². The van der Waals surface area contributed by atoms with Gasteiger partial charge in [-0.25, -0.2) is 0 Å². The molecule has 1 atom stereocenters. The van der Waals surface area contributed by atoms with E-state index in [-0.39, 0.29) is 12.2 Å². The van der Waals surface area contributed by atoms with Gasteiger partial charge in [-0.3, -0.25) is 9.59 Å². The summed E-state index contributed by atoms with van der Waals surface area (Å²) in [6.45, 7) is 2.29. The van der Waals surface area contributed by atoms with Crippen LogP contribution in [0.3, 0.4) is 0 Å². The number of fused-ring (bicyclic) bond motifs is 2. The number of halogens is 1. The first kappa shape index (κ1) is 21.4. The van der Waals surface area contributed by atoms with E-state index in [1.165, 1.54) is 4.90 Å². The molecule has 0 unspecified atom stereocenters. The SMILES string of the molecule is Cc1ccc(CN2C(=O)[C@](O)(CC(=O)c3cccc4ccccc34)c3cc(Cl)ccc32)cc1. The average Bonchev–Trinajstić information content (AvgIpc) is 3.01. The number of rotatable bonds is 5. The van der Waals surface area contributed by atoms with Gasteiger partial charge in [0.2, 0.25) is 0 Å². The molecule has 5 heteroatoms. The van der Waals surface area contributed by atoms with Gasteiger partial charge in [0.25, 0.3) is 5.91 Å². The fraction of sp³-hybridized carbons (Fsp3) is 0.143. The van der Waals surface area contributed by atoms with Crippen molar-refractivity contribution in [2.75, 3.05) is 4.90 Å². The zero-order chi connectivity index (χ0) is 23.2. The van der Waals surface area contributed by atoms with Crippen molar-refractivity contribution in [1.29, 1.82) is 0 Å². The molecule has 0 bridgehead atoms. The Kier molecular flexibility index (Phi) is 5.28. The number of benzene rings is 4. The van der Waals surface area contributed by atoms with Crippen LogP contribution in [0.1, 0.15) is 33.5 Å². The Bertz CT molecular complexity index is 1390. The number of hydrogen-bond acceptors (Lipinski definition) is 3. The highest BCUT2D eigenvalue weighted by Crippen LogP contribution is 2.45. The molecule has 0 spiro atoms. The van der Waals surface area contributed by atoms with Gasteiger partial charge < -0.3 is 10.0 Å². The molecule has 0 fully saturated rings. The van der Waals surface area contributed by atoms with Crippen molar-refractivity contribution < 1.29 is 14.7 Å². The van der Waals surface area contributed by atoms with Gasteiger partial charge in [-0.1, -0.05) is 83.9 Å². The Balaban J connectivity index is 1.53. The van der Waals surface area contributed by atoms with Crippen LogP contribution in [-0.4, -0.2) is 16.8 Å². The summed E-state index contributed by atoms with van der Waals surface area (Å²) in [5.74, 6) is -0.820. The monoisotopic (exact) mass is 455 g/mol. The Hall–Kier alpha value is -3.47. The van der Waals surface area contributed by atoms with E-state index >= 15 is 0 Å². The number of hydrogen-bond donors (Lipinski definition) is 1. The summed E-state index contributed by atoms with van der Waals surface area (Å²) in [4.78, 5) is 28.5. The lowest BCUT2D eigenvalue weighted by molar-refractivity contribution is -0.136. The van der Waals surface area contributed by atoms with Crippen LogP contribution in [-0.2, 0) is 16.9 Å². The first-order valence-corrected chi connectivity index (χ1v) is 11.2.